The SMILES string of the molecule is CC(=O)c1sc(NCCC(F)(F)F)c(C2CC2)c1N. The topological polar surface area (TPSA) is 55.1 Å². The molecule has 0 amide bonds. The van der Waals surface area contributed by atoms with E-state index in [4.69, 9.17) is 5.73 Å². The van der Waals surface area contributed by atoms with Gasteiger partial charge in [0.25, 0.3) is 0 Å². The van der Waals surface area contributed by atoms with Crippen molar-refractivity contribution in [3.8, 4) is 0 Å². The molecule has 0 aliphatic heterocycles. The van der Waals surface area contributed by atoms with Crippen LogP contribution in [0.2, 0.25) is 0 Å². The molecule has 0 radical (unpaired) electrons. The van der Waals surface area contributed by atoms with Crippen molar-refractivity contribution in [3.05, 3.63) is 10.4 Å². The minimum Gasteiger partial charge on any atom is -0.397 e. The number of hydrogen-bond acceptors (Lipinski definition) is 4. The number of carbonyl (C=O) groups excluding carboxylic acids is 1. The predicted molar refractivity (Wildman–Crippen MR) is 69.9 cm³/mol. The number of anilines is 2. The number of rotatable bonds is 5. The number of nitrogens with one attached hydrogen (secondary N) is 1. The molecule has 0 spiro atoms. The summed E-state index contributed by atoms with van der Waals surface area (Å²) in [6.45, 7) is 1.22. The summed E-state index contributed by atoms with van der Waals surface area (Å²) >= 11 is 1.16. The monoisotopic (exact) mass is 292 g/mol. The third-order valence-electron chi connectivity index (χ3n) is 2.98. The lowest BCUT2D eigenvalue weighted by molar-refractivity contribution is -0.131. The van der Waals surface area contributed by atoms with Crippen LogP contribution in [0.25, 0.3) is 0 Å². The van der Waals surface area contributed by atoms with Crippen LogP contribution in [0.4, 0.5) is 23.9 Å². The molecule has 7 heteroatoms. The number of halogens is 3. The standard InChI is InChI=1S/C12H15F3N2OS/c1-6(18)10-9(16)8(7-2-3-7)11(19-10)17-5-4-12(13,14)15/h7,17H,2-5,16H2,1H3. The number of carbonyl (C=O) groups is 1. The van der Waals surface area contributed by atoms with Crippen molar-refractivity contribution < 1.29 is 18.0 Å². The third kappa shape index (κ3) is 3.40. The van der Waals surface area contributed by atoms with E-state index in [9.17, 15) is 18.0 Å². The Balaban J connectivity index is 2.15. The summed E-state index contributed by atoms with van der Waals surface area (Å²) < 4.78 is 36.4. The van der Waals surface area contributed by atoms with Gasteiger partial charge in [0.1, 0.15) is 0 Å². The summed E-state index contributed by atoms with van der Waals surface area (Å²) in [6.07, 6.45) is -3.12. The minimum atomic E-state index is -4.18. The zero-order valence-corrected chi connectivity index (χ0v) is 11.3. The van der Waals surface area contributed by atoms with E-state index in [1.807, 2.05) is 0 Å². The van der Waals surface area contributed by atoms with Crippen LogP contribution in [0, 0.1) is 0 Å². The fraction of sp³-hybridized carbons (Fsp3) is 0.583. The lowest BCUT2D eigenvalue weighted by Gasteiger charge is -2.09. The minimum absolute atomic E-state index is 0.145. The molecule has 2 rings (SSSR count). The molecule has 0 aromatic carbocycles. The van der Waals surface area contributed by atoms with E-state index in [0.29, 0.717) is 15.6 Å². The number of alkyl halides is 3. The van der Waals surface area contributed by atoms with E-state index in [-0.39, 0.29) is 18.2 Å². The van der Waals surface area contributed by atoms with Crippen LogP contribution in [0.1, 0.15) is 47.3 Å². The van der Waals surface area contributed by atoms with Gasteiger partial charge in [0.05, 0.1) is 22.0 Å². The Morgan fingerprint density at radius 1 is 1.47 bits per heavy atom. The van der Waals surface area contributed by atoms with Gasteiger partial charge in [0.15, 0.2) is 5.78 Å². The molecule has 1 fully saturated rings. The van der Waals surface area contributed by atoms with Gasteiger partial charge in [0.2, 0.25) is 0 Å². The van der Waals surface area contributed by atoms with Gasteiger partial charge in [0, 0.05) is 19.0 Å². The van der Waals surface area contributed by atoms with E-state index in [0.717, 1.165) is 29.7 Å². The Labute approximate surface area is 113 Å². The summed E-state index contributed by atoms with van der Waals surface area (Å²) in [5, 5.41) is 3.39. The Bertz CT molecular complexity index is 492. The summed E-state index contributed by atoms with van der Waals surface area (Å²) in [5.41, 5.74) is 7.20. The highest BCUT2D eigenvalue weighted by Gasteiger charge is 2.33. The van der Waals surface area contributed by atoms with Crippen LogP contribution >= 0.6 is 11.3 Å². The van der Waals surface area contributed by atoms with Gasteiger partial charge >= 0.3 is 6.18 Å². The van der Waals surface area contributed by atoms with E-state index >= 15 is 0 Å². The van der Waals surface area contributed by atoms with Crippen molar-refractivity contribution in [1.82, 2.24) is 0 Å². The molecule has 1 aromatic rings. The first kappa shape index (κ1) is 14.2. The maximum atomic E-state index is 12.1. The second-order valence-electron chi connectivity index (χ2n) is 4.71. The lowest BCUT2D eigenvalue weighted by Crippen LogP contribution is -2.14. The first-order valence-electron chi connectivity index (χ1n) is 6.03. The molecule has 1 aliphatic carbocycles. The first-order valence-corrected chi connectivity index (χ1v) is 6.85. The molecule has 106 valence electrons. The molecule has 19 heavy (non-hydrogen) atoms. The molecule has 0 bridgehead atoms. The van der Waals surface area contributed by atoms with Crippen molar-refractivity contribution in [2.24, 2.45) is 0 Å². The molecule has 3 N–H and O–H groups in total. The second kappa shape index (κ2) is 5.03. The Morgan fingerprint density at radius 2 is 2.11 bits per heavy atom. The van der Waals surface area contributed by atoms with Crippen LogP contribution in [-0.2, 0) is 0 Å². The maximum absolute atomic E-state index is 12.1. The number of thiophene rings is 1. The molecular formula is C12H15F3N2OS. The van der Waals surface area contributed by atoms with Crippen molar-refractivity contribution in [1.29, 1.82) is 0 Å². The van der Waals surface area contributed by atoms with Gasteiger partial charge < -0.3 is 11.1 Å². The van der Waals surface area contributed by atoms with E-state index in [1.54, 1.807) is 0 Å². The molecular weight excluding hydrogens is 277 g/mol. The fourth-order valence-electron chi connectivity index (χ4n) is 1.94. The van der Waals surface area contributed by atoms with Gasteiger partial charge in [-0.25, -0.2) is 0 Å². The second-order valence-corrected chi connectivity index (χ2v) is 5.73. The molecule has 1 heterocycles. The molecule has 1 aliphatic rings. The Morgan fingerprint density at radius 3 is 2.58 bits per heavy atom. The van der Waals surface area contributed by atoms with Crippen LogP contribution in [-0.4, -0.2) is 18.5 Å². The quantitative estimate of drug-likeness (QED) is 0.812. The summed E-state index contributed by atoms with van der Waals surface area (Å²) in [7, 11) is 0. The third-order valence-corrected chi connectivity index (χ3v) is 4.26. The Hall–Kier alpha value is -1.24. The van der Waals surface area contributed by atoms with E-state index in [2.05, 4.69) is 5.32 Å². The van der Waals surface area contributed by atoms with Gasteiger partial charge in [-0.1, -0.05) is 0 Å². The summed E-state index contributed by atoms with van der Waals surface area (Å²) in [5.74, 6) is 0.144. The summed E-state index contributed by atoms with van der Waals surface area (Å²) in [4.78, 5) is 11.9. The van der Waals surface area contributed by atoms with Crippen LogP contribution in [0.3, 0.4) is 0 Å². The van der Waals surface area contributed by atoms with Gasteiger partial charge in [-0.2, -0.15) is 13.2 Å². The van der Waals surface area contributed by atoms with Crippen molar-refractivity contribution in [2.45, 2.75) is 38.3 Å². The highest BCUT2D eigenvalue weighted by atomic mass is 32.1. The normalized spacial score (nSPS) is 15.6. The van der Waals surface area contributed by atoms with E-state index in [1.165, 1.54) is 6.92 Å². The van der Waals surface area contributed by atoms with Crippen LogP contribution in [0.5, 0.6) is 0 Å². The average molecular weight is 292 g/mol. The molecule has 3 nitrogen and oxygen atoms in total. The number of nitrogen functional groups attached to an aromatic ring is 1. The Kier molecular flexibility index (Phi) is 3.75. The number of hydrogen-bond donors (Lipinski definition) is 2. The highest BCUT2D eigenvalue weighted by molar-refractivity contribution is 7.18. The highest BCUT2D eigenvalue weighted by Crippen LogP contribution is 2.50. The fourth-order valence-corrected chi connectivity index (χ4v) is 3.07. The van der Waals surface area contributed by atoms with Crippen LogP contribution < -0.4 is 11.1 Å². The molecule has 0 unspecified atom stereocenters. The number of nitrogens with two attached hydrogens (primary N) is 1. The average Bonchev–Trinajstić information content (AvgIpc) is 3.02. The summed E-state index contributed by atoms with van der Waals surface area (Å²) in [6, 6.07) is 0. The predicted octanol–water partition coefficient (Wildman–Crippen LogP) is 3.77. The molecule has 0 saturated heterocycles. The number of Topliss-reactive ketones (excluding diaryl/α,β-unsaturated/α-hetero) is 1. The van der Waals surface area contributed by atoms with Crippen molar-refractivity contribution in [2.75, 3.05) is 17.6 Å². The molecule has 1 aromatic heterocycles. The molecule has 1 saturated carbocycles. The largest absolute Gasteiger partial charge is 0.397 e. The van der Waals surface area contributed by atoms with Crippen molar-refractivity contribution >= 4 is 27.8 Å². The van der Waals surface area contributed by atoms with Crippen molar-refractivity contribution in [3.63, 3.8) is 0 Å². The first-order chi connectivity index (χ1) is 8.79. The smallest absolute Gasteiger partial charge is 0.390 e. The lowest BCUT2D eigenvalue weighted by atomic mass is 10.1. The molecule has 0 atom stereocenters. The zero-order chi connectivity index (χ0) is 14.2. The van der Waals surface area contributed by atoms with Gasteiger partial charge in [-0.05, 0) is 18.8 Å². The maximum Gasteiger partial charge on any atom is 0.390 e. The number of ketones is 1. The van der Waals surface area contributed by atoms with Gasteiger partial charge in [-0.3, -0.25) is 4.79 Å². The van der Waals surface area contributed by atoms with Gasteiger partial charge in [-0.15, -0.1) is 11.3 Å². The van der Waals surface area contributed by atoms with Crippen LogP contribution in [0.15, 0.2) is 0 Å². The zero-order valence-electron chi connectivity index (χ0n) is 10.4. The van der Waals surface area contributed by atoms with E-state index < -0.39 is 12.6 Å².